The van der Waals surface area contributed by atoms with E-state index in [1.165, 1.54) is 6.42 Å². The van der Waals surface area contributed by atoms with Crippen molar-refractivity contribution in [1.29, 1.82) is 0 Å². The van der Waals surface area contributed by atoms with E-state index in [9.17, 15) is 9.90 Å². The number of carbonyl (C=O) groups excluding carboxylic acids is 1. The molecule has 1 N–H and O–H groups in total. The molecule has 2 aliphatic rings. The van der Waals surface area contributed by atoms with Crippen molar-refractivity contribution >= 4 is 5.91 Å². The standard InChI is InChI=1S/C16H30N2O2/c1-3-14-8-4-7-11-18(14)15(19)12-17(2)13-16(20)9-5-6-10-16/h14,20H,3-13H2,1-2H3. The van der Waals surface area contributed by atoms with Crippen molar-refractivity contribution in [3.05, 3.63) is 0 Å². The van der Waals surface area contributed by atoms with Crippen molar-refractivity contribution in [2.45, 2.75) is 69.9 Å². The van der Waals surface area contributed by atoms with E-state index in [2.05, 4.69) is 11.8 Å². The van der Waals surface area contributed by atoms with Crippen molar-refractivity contribution in [2.24, 2.45) is 0 Å². The van der Waals surface area contributed by atoms with Gasteiger partial charge in [-0.1, -0.05) is 19.8 Å². The Morgan fingerprint density at radius 3 is 2.65 bits per heavy atom. The van der Waals surface area contributed by atoms with Crippen molar-refractivity contribution in [1.82, 2.24) is 9.80 Å². The smallest absolute Gasteiger partial charge is 0.236 e. The average Bonchev–Trinajstić information content (AvgIpc) is 2.84. The van der Waals surface area contributed by atoms with Gasteiger partial charge in [0.15, 0.2) is 0 Å². The van der Waals surface area contributed by atoms with Crippen molar-refractivity contribution < 1.29 is 9.90 Å². The number of nitrogens with zero attached hydrogens (tertiary/aromatic N) is 2. The summed E-state index contributed by atoms with van der Waals surface area (Å²) in [4.78, 5) is 16.5. The van der Waals surface area contributed by atoms with Crippen LogP contribution in [0.25, 0.3) is 0 Å². The minimum absolute atomic E-state index is 0.237. The molecule has 1 saturated heterocycles. The summed E-state index contributed by atoms with van der Waals surface area (Å²) in [7, 11) is 1.96. The quantitative estimate of drug-likeness (QED) is 0.839. The molecule has 0 aromatic heterocycles. The zero-order valence-electron chi connectivity index (χ0n) is 13.1. The lowest BCUT2D eigenvalue weighted by molar-refractivity contribution is -0.136. The first-order valence-corrected chi connectivity index (χ1v) is 8.24. The molecule has 1 heterocycles. The van der Waals surface area contributed by atoms with Gasteiger partial charge in [-0.15, -0.1) is 0 Å². The topological polar surface area (TPSA) is 43.8 Å². The Morgan fingerprint density at radius 1 is 1.30 bits per heavy atom. The van der Waals surface area contributed by atoms with Gasteiger partial charge in [-0.2, -0.15) is 0 Å². The van der Waals surface area contributed by atoms with Crippen LogP contribution in [-0.4, -0.2) is 59.1 Å². The number of hydrogen-bond donors (Lipinski definition) is 1. The highest BCUT2D eigenvalue weighted by atomic mass is 16.3. The van der Waals surface area contributed by atoms with Gasteiger partial charge < -0.3 is 10.0 Å². The van der Waals surface area contributed by atoms with Gasteiger partial charge >= 0.3 is 0 Å². The first kappa shape index (κ1) is 15.8. The van der Waals surface area contributed by atoms with Gasteiger partial charge in [-0.3, -0.25) is 9.69 Å². The maximum absolute atomic E-state index is 12.5. The Balaban J connectivity index is 1.83. The zero-order valence-corrected chi connectivity index (χ0v) is 13.1. The molecule has 1 atom stereocenters. The Hall–Kier alpha value is -0.610. The molecule has 2 rings (SSSR count). The highest BCUT2D eigenvalue weighted by molar-refractivity contribution is 5.78. The van der Waals surface area contributed by atoms with Gasteiger partial charge in [0.25, 0.3) is 0 Å². The molecule has 1 unspecified atom stereocenters. The fourth-order valence-electron chi connectivity index (χ4n) is 3.82. The van der Waals surface area contributed by atoms with E-state index >= 15 is 0 Å². The maximum atomic E-state index is 12.5. The van der Waals surface area contributed by atoms with Crippen LogP contribution in [-0.2, 0) is 4.79 Å². The fourth-order valence-corrected chi connectivity index (χ4v) is 3.82. The second kappa shape index (κ2) is 6.90. The molecule has 4 heteroatoms. The summed E-state index contributed by atoms with van der Waals surface area (Å²) < 4.78 is 0. The molecule has 2 fully saturated rings. The van der Waals surface area contributed by atoms with E-state index in [0.717, 1.165) is 51.5 Å². The van der Waals surface area contributed by atoms with E-state index in [1.54, 1.807) is 0 Å². The Labute approximate surface area is 123 Å². The van der Waals surface area contributed by atoms with Gasteiger partial charge in [0.2, 0.25) is 5.91 Å². The molecule has 0 bridgehead atoms. The predicted octanol–water partition coefficient (Wildman–Crippen LogP) is 2.01. The van der Waals surface area contributed by atoms with E-state index in [-0.39, 0.29) is 5.91 Å². The van der Waals surface area contributed by atoms with Crippen LogP contribution >= 0.6 is 0 Å². The predicted molar refractivity (Wildman–Crippen MR) is 80.6 cm³/mol. The number of amides is 1. The molecule has 0 aromatic carbocycles. The lowest BCUT2D eigenvalue weighted by Crippen LogP contribution is -2.49. The van der Waals surface area contributed by atoms with Crippen LogP contribution in [0.15, 0.2) is 0 Å². The average molecular weight is 282 g/mol. The summed E-state index contributed by atoms with van der Waals surface area (Å²) in [5.41, 5.74) is -0.554. The molecule has 1 aliphatic heterocycles. The minimum atomic E-state index is -0.554. The summed E-state index contributed by atoms with van der Waals surface area (Å²) in [6, 6.07) is 0.430. The lowest BCUT2D eigenvalue weighted by Gasteiger charge is -2.37. The Bertz CT molecular complexity index is 326. The second-order valence-corrected chi connectivity index (χ2v) is 6.75. The van der Waals surface area contributed by atoms with Crippen LogP contribution in [0.5, 0.6) is 0 Å². The molecule has 1 amide bonds. The maximum Gasteiger partial charge on any atom is 0.236 e. The SMILES string of the molecule is CCC1CCCCN1C(=O)CN(C)CC1(O)CCCC1. The molecule has 0 aromatic rings. The molecular weight excluding hydrogens is 252 g/mol. The summed E-state index contributed by atoms with van der Waals surface area (Å²) in [6.07, 6.45) is 8.58. The van der Waals surface area contributed by atoms with Crippen LogP contribution in [0, 0.1) is 0 Å². The number of piperidine rings is 1. The van der Waals surface area contributed by atoms with Crippen molar-refractivity contribution in [2.75, 3.05) is 26.7 Å². The van der Waals surface area contributed by atoms with Crippen LogP contribution in [0.2, 0.25) is 0 Å². The number of rotatable bonds is 5. The monoisotopic (exact) mass is 282 g/mol. The summed E-state index contributed by atoms with van der Waals surface area (Å²) >= 11 is 0. The molecule has 0 radical (unpaired) electrons. The largest absolute Gasteiger partial charge is 0.389 e. The molecule has 4 nitrogen and oxygen atoms in total. The zero-order chi connectivity index (χ0) is 14.6. The van der Waals surface area contributed by atoms with Gasteiger partial charge in [0, 0.05) is 19.1 Å². The van der Waals surface area contributed by atoms with E-state index in [0.29, 0.717) is 19.1 Å². The summed E-state index contributed by atoms with van der Waals surface area (Å²) in [5, 5.41) is 10.4. The summed E-state index contributed by atoms with van der Waals surface area (Å²) in [5.74, 6) is 0.237. The van der Waals surface area contributed by atoms with E-state index in [1.807, 2.05) is 11.9 Å². The van der Waals surface area contributed by atoms with Crippen molar-refractivity contribution in [3.63, 3.8) is 0 Å². The number of carbonyl (C=O) groups is 1. The van der Waals surface area contributed by atoms with Crippen LogP contribution in [0.1, 0.15) is 58.3 Å². The minimum Gasteiger partial charge on any atom is -0.389 e. The third-order valence-corrected chi connectivity index (χ3v) is 4.92. The molecule has 20 heavy (non-hydrogen) atoms. The van der Waals surface area contributed by atoms with Crippen LogP contribution in [0.3, 0.4) is 0 Å². The summed E-state index contributed by atoms with van der Waals surface area (Å²) in [6.45, 7) is 4.15. The second-order valence-electron chi connectivity index (χ2n) is 6.75. The Kier molecular flexibility index (Phi) is 5.44. The molecule has 0 spiro atoms. The van der Waals surface area contributed by atoms with E-state index < -0.39 is 5.60 Å². The number of aliphatic hydroxyl groups is 1. The van der Waals surface area contributed by atoms with Gasteiger partial charge in [-0.05, 0) is 45.6 Å². The molecule has 1 aliphatic carbocycles. The van der Waals surface area contributed by atoms with Gasteiger partial charge in [0.05, 0.1) is 12.1 Å². The highest BCUT2D eigenvalue weighted by Gasteiger charge is 2.33. The number of likely N-dealkylation sites (tertiary alicyclic amines) is 1. The molecule has 1 saturated carbocycles. The highest BCUT2D eigenvalue weighted by Crippen LogP contribution is 2.30. The molecular formula is C16H30N2O2. The normalized spacial score (nSPS) is 26.2. The van der Waals surface area contributed by atoms with Gasteiger partial charge in [-0.25, -0.2) is 0 Å². The van der Waals surface area contributed by atoms with Crippen LogP contribution in [0.4, 0.5) is 0 Å². The third kappa shape index (κ3) is 3.95. The number of hydrogen-bond acceptors (Lipinski definition) is 3. The van der Waals surface area contributed by atoms with E-state index in [4.69, 9.17) is 0 Å². The third-order valence-electron chi connectivity index (χ3n) is 4.92. The number of likely N-dealkylation sites (N-methyl/N-ethyl adjacent to an activating group) is 1. The first-order chi connectivity index (χ1) is 9.54. The van der Waals surface area contributed by atoms with Crippen LogP contribution < -0.4 is 0 Å². The molecule has 116 valence electrons. The Morgan fingerprint density at radius 2 is 2.00 bits per heavy atom. The fraction of sp³-hybridized carbons (Fsp3) is 0.938. The van der Waals surface area contributed by atoms with Crippen molar-refractivity contribution in [3.8, 4) is 0 Å². The van der Waals surface area contributed by atoms with Gasteiger partial charge in [0.1, 0.15) is 0 Å². The lowest BCUT2D eigenvalue weighted by atomic mass is 9.99. The first-order valence-electron chi connectivity index (χ1n) is 8.24.